The van der Waals surface area contributed by atoms with E-state index in [0.29, 0.717) is 30.2 Å². The molecule has 0 aromatic heterocycles. The van der Waals surface area contributed by atoms with E-state index in [1.807, 2.05) is 0 Å². The van der Waals surface area contributed by atoms with Crippen LogP contribution in [0.15, 0.2) is 24.3 Å². The van der Waals surface area contributed by atoms with Gasteiger partial charge in [0.05, 0.1) is 25.3 Å². The number of piperidine rings is 1. The van der Waals surface area contributed by atoms with Crippen molar-refractivity contribution in [1.29, 1.82) is 0 Å². The number of carbonyl (C=O) groups is 3. The van der Waals surface area contributed by atoms with E-state index in [-0.39, 0.29) is 30.2 Å². The molecule has 1 saturated carbocycles. The maximum absolute atomic E-state index is 13.1. The van der Waals surface area contributed by atoms with Gasteiger partial charge in [0.1, 0.15) is 11.5 Å². The van der Waals surface area contributed by atoms with E-state index < -0.39 is 6.04 Å². The number of likely N-dealkylation sites (tertiary alicyclic amines) is 1. The van der Waals surface area contributed by atoms with Gasteiger partial charge in [-0.25, -0.2) is 4.90 Å². The lowest BCUT2D eigenvalue weighted by Gasteiger charge is -2.45. The van der Waals surface area contributed by atoms with Crippen LogP contribution in [0.25, 0.3) is 0 Å². The molecule has 0 unspecified atom stereocenters. The number of methoxy groups -OCH3 is 1. The average molecular weight is 356 g/mol. The second-order valence-corrected chi connectivity index (χ2v) is 7.40. The minimum atomic E-state index is -0.441. The van der Waals surface area contributed by atoms with Crippen LogP contribution in [0.3, 0.4) is 0 Å². The minimum Gasteiger partial charge on any atom is -0.497 e. The summed E-state index contributed by atoms with van der Waals surface area (Å²) < 4.78 is 5.14. The number of fused-ring (bicyclic) bond motifs is 1. The maximum Gasteiger partial charge on any atom is 0.251 e. The lowest BCUT2D eigenvalue weighted by molar-refractivity contribution is -0.136. The first kappa shape index (κ1) is 17.2. The van der Waals surface area contributed by atoms with Crippen molar-refractivity contribution in [2.45, 2.75) is 50.6 Å². The van der Waals surface area contributed by atoms with Crippen LogP contribution < -0.4 is 9.64 Å². The molecule has 0 N–H and O–H groups in total. The standard InChI is InChI=1S/C20H24N2O4/c1-26-14-8-6-13(7-9-14)22-19(24)12-17(20(22)25)21-11-10-18(23)15-4-2-3-5-16(15)21/h6-9,15-17H,2-5,10-12H2,1H3/t15-,16-,17-/m1/s1. The number of ether oxygens (including phenoxy) is 1. The van der Waals surface area contributed by atoms with Crippen molar-refractivity contribution in [3.8, 4) is 5.75 Å². The van der Waals surface area contributed by atoms with Crippen molar-refractivity contribution in [2.24, 2.45) is 5.92 Å². The summed E-state index contributed by atoms with van der Waals surface area (Å²) in [6, 6.07) is 6.64. The molecule has 6 heteroatoms. The Balaban J connectivity index is 1.57. The van der Waals surface area contributed by atoms with Crippen molar-refractivity contribution in [3.63, 3.8) is 0 Å². The molecule has 2 aliphatic heterocycles. The third kappa shape index (κ3) is 2.82. The fourth-order valence-electron chi connectivity index (χ4n) is 4.74. The topological polar surface area (TPSA) is 66.9 Å². The molecular weight excluding hydrogens is 332 g/mol. The zero-order valence-corrected chi connectivity index (χ0v) is 15.0. The quantitative estimate of drug-likeness (QED) is 0.777. The lowest BCUT2D eigenvalue weighted by atomic mass is 9.77. The van der Waals surface area contributed by atoms with Crippen LogP contribution in [0, 0.1) is 5.92 Å². The Morgan fingerprint density at radius 3 is 2.50 bits per heavy atom. The number of hydrogen-bond donors (Lipinski definition) is 0. The molecule has 0 spiro atoms. The average Bonchev–Trinajstić information content (AvgIpc) is 2.96. The van der Waals surface area contributed by atoms with E-state index in [1.165, 1.54) is 4.90 Å². The van der Waals surface area contributed by atoms with Gasteiger partial charge in [-0.15, -0.1) is 0 Å². The van der Waals surface area contributed by atoms with Gasteiger partial charge in [-0.1, -0.05) is 12.8 Å². The van der Waals surface area contributed by atoms with Gasteiger partial charge in [0.25, 0.3) is 5.91 Å². The van der Waals surface area contributed by atoms with Gasteiger partial charge >= 0.3 is 0 Å². The van der Waals surface area contributed by atoms with Gasteiger partial charge < -0.3 is 4.74 Å². The van der Waals surface area contributed by atoms with Crippen LogP contribution in [-0.4, -0.2) is 48.2 Å². The predicted molar refractivity (Wildman–Crippen MR) is 96.0 cm³/mol. The number of benzene rings is 1. The molecule has 1 aliphatic carbocycles. The monoisotopic (exact) mass is 356 g/mol. The fourth-order valence-corrected chi connectivity index (χ4v) is 4.74. The number of amides is 2. The molecule has 3 aliphatic rings. The maximum atomic E-state index is 13.1. The second-order valence-electron chi connectivity index (χ2n) is 7.40. The van der Waals surface area contributed by atoms with Crippen LogP contribution in [0.1, 0.15) is 38.5 Å². The van der Waals surface area contributed by atoms with Crippen molar-refractivity contribution >= 4 is 23.3 Å². The largest absolute Gasteiger partial charge is 0.497 e. The van der Waals surface area contributed by atoms with Crippen LogP contribution in [0.5, 0.6) is 5.75 Å². The summed E-state index contributed by atoms with van der Waals surface area (Å²) in [5.41, 5.74) is 0.580. The Kier molecular flexibility index (Phi) is 4.53. The molecule has 3 atom stereocenters. The number of nitrogens with zero attached hydrogens (tertiary/aromatic N) is 2. The van der Waals surface area contributed by atoms with E-state index in [2.05, 4.69) is 4.90 Å². The number of anilines is 1. The van der Waals surface area contributed by atoms with Crippen molar-refractivity contribution < 1.29 is 19.1 Å². The Hall–Kier alpha value is -2.21. The third-order valence-electron chi connectivity index (χ3n) is 6.04. The Labute approximate surface area is 153 Å². The summed E-state index contributed by atoms with van der Waals surface area (Å²) in [7, 11) is 1.58. The highest BCUT2D eigenvalue weighted by molar-refractivity contribution is 6.22. The third-order valence-corrected chi connectivity index (χ3v) is 6.04. The number of carbonyl (C=O) groups excluding carboxylic acids is 3. The van der Waals surface area contributed by atoms with Crippen LogP contribution in [0.4, 0.5) is 5.69 Å². The summed E-state index contributed by atoms with van der Waals surface area (Å²) in [5.74, 6) is 0.711. The van der Waals surface area contributed by atoms with E-state index >= 15 is 0 Å². The smallest absolute Gasteiger partial charge is 0.251 e. The van der Waals surface area contributed by atoms with Gasteiger partial charge in [-0.2, -0.15) is 0 Å². The predicted octanol–water partition coefficient (Wildman–Crippen LogP) is 2.16. The minimum absolute atomic E-state index is 0.0374. The Bertz CT molecular complexity index is 730. The van der Waals surface area contributed by atoms with Gasteiger partial charge in [-0.3, -0.25) is 19.3 Å². The van der Waals surface area contributed by atoms with Gasteiger partial charge in [-0.05, 0) is 37.1 Å². The second kappa shape index (κ2) is 6.83. The number of Topliss-reactive ketones (excluding diaryl/α,β-unsaturated/α-hetero) is 1. The van der Waals surface area contributed by atoms with Crippen molar-refractivity contribution in [1.82, 2.24) is 4.90 Å². The zero-order chi connectivity index (χ0) is 18.3. The first-order valence-corrected chi connectivity index (χ1v) is 9.39. The highest BCUT2D eigenvalue weighted by Crippen LogP contribution is 2.37. The zero-order valence-electron chi connectivity index (χ0n) is 15.0. The molecule has 2 heterocycles. The molecule has 0 bridgehead atoms. The van der Waals surface area contributed by atoms with Crippen molar-refractivity contribution in [3.05, 3.63) is 24.3 Å². The van der Waals surface area contributed by atoms with Gasteiger partial charge in [0.2, 0.25) is 5.91 Å². The number of rotatable bonds is 3. The highest BCUT2D eigenvalue weighted by atomic mass is 16.5. The molecule has 1 aromatic rings. The summed E-state index contributed by atoms with van der Waals surface area (Å²) in [5, 5.41) is 0. The van der Waals surface area contributed by atoms with E-state index in [9.17, 15) is 14.4 Å². The Morgan fingerprint density at radius 2 is 1.77 bits per heavy atom. The molecule has 2 amide bonds. The molecule has 6 nitrogen and oxygen atoms in total. The molecular formula is C20H24N2O4. The van der Waals surface area contributed by atoms with Gasteiger partial charge in [0.15, 0.2) is 0 Å². The number of hydrogen-bond acceptors (Lipinski definition) is 5. The van der Waals surface area contributed by atoms with Crippen LogP contribution in [0.2, 0.25) is 0 Å². The summed E-state index contributed by atoms with van der Waals surface area (Å²) >= 11 is 0. The molecule has 138 valence electrons. The normalized spacial score (nSPS) is 29.8. The molecule has 2 saturated heterocycles. The summed E-state index contributed by atoms with van der Waals surface area (Å²) in [6.07, 6.45) is 4.70. The number of imide groups is 1. The first-order chi connectivity index (χ1) is 12.6. The lowest BCUT2D eigenvalue weighted by Crippen LogP contribution is -2.56. The van der Waals surface area contributed by atoms with E-state index in [4.69, 9.17) is 4.74 Å². The fraction of sp³-hybridized carbons (Fsp3) is 0.550. The summed E-state index contributed by atoms with van der Waals surface area (Å²) in [6.45, 7) is 0.583. The van der Waals surface area contributed by atoms with E-state index in [1.54, 1.807) is 31.4 Å². The first-order valence-electron chi connectivity index (χ1n) is 9.39. The van der Waals surface area contributed by atoms with Crippen molar-refractivity contribution in [2.75, 3.05) is 18.6 Å². The SMILES string of the molecule is COc1ccc(N2C(=O)C[C@@H](N3CCC(=O)[C@@H]4CCCC[C@H]43)C2=O)cc1. The molecule has 26 heavy (non-hydrogen) atoms. The Morgan fingerprint density at radius 1 is 1.04 bits per heavy atom. The molecule has 0 radical (unpaired) electrons. The molecule has 1 aromatic carbocycles. The van der Waals surface area contributed by atoms with Crippen LogP contribution >= 0.6 is 0 Å². The molecule has 4 rings (SSSR count). The van der Waals surface area contributed by atoms with E-state index in [0.717, 1.165) is 25.7 Å². The highest BCUT2D eigenvalue weighted by Gasteiger charge is 2.48. The number of ketones is 1. The summed E-state index contributed by atoms with van der Waals surface area (Å²) in [4.78, 5) is 41.4. The van der Waals surface area contributed by atoms with Crippen LogP contribution in [-0.2, 0) is 14.4 Å². The molecule has 3 fully saturated rings. The van der Waals surface area contributed by atoms with Gasteiger partial charge in [0, 0.05) is 24.9 Å².